The summed E-state index contributed by atoms with van der Waals surface area (Å²) in [6.07, 6.45) is 4.63. The lowest BCUT2D eigenvalue weighted by Gasteiger charge is -2.14. The van der Waals surface area contributed by atoms with Crippen LogP contribution in [0.15, 0.2) is 42.2 Å². The number of carbonyl (C=O) groups is 1. The van der Waals surface area contributed by atoms with Crippen LogP contribution < -0.4 is 23.7 Å². The van der Waals surface area contributed by atoms with Gasteiger partial charge in [-0.05, 0) is 42.7 Å². The Morgan fingerprint density at radius 3 is 2.33 bits per heavy atom. The molecule has 2 aromatic carbocycles. The molecule has 8 nitrogen and oxygen atoms in total. The number of benzene rings is 2. The number of ether oxygens (including phenoxy) is 6. The monoisotopic (exact) mass is 510 g/mol. The average molecular weight is 511 g/mol. The number of fused-ring (bicyclic) bond motifs is 2. The molecule has 1 unspecified atom stereocenters. The van der Waals surface area contributed by atoms with Crippen molar-refractivity contribution in [1.29, 1.82) is 0 Å². The molecule has 36 heavy (non-hydrogen) atoms. The number of methoxy groups -OCH3 is 4. The van der Waals surface area contributed by atoms with Crippen LogP contribution in [0.5, 0.6) is 28.7 Å². The second-order valence-electron chi connectivity index (χ2n) is 8.28. The topological polar surface area (TPSA) is 92.7 Å². The van der Waals surface area contributed by atoms with E-state index in [4.69, 9.17) is 28.4 Å². The van der Waals surface area contributed by atoms with Crippen molar-refractivity contribution in [1.82, 2.24) is 0 Å². The van der Waals surface area contributed by atoms with Gasteiger partial charge in [0.15, 0.2) is 28.8 Å². The molecule has 0 bridgehead atoms. The molecule has 188 valence electrons. The lowest BCUT2D eigenvalue weighted by molar-refractivity contribution is 0.0883. The van der Waals surface area contributed by atoms with E-state index in [0.717, 1.165) is 20.5 Å². The first-order valence-corrected chi connectivity index (χ1v) is 12.1. The fourth-order valence-corrected chi connectivity index (χ4v) is 5.74. The summed E-state index contributed by atoms with van der Waals surface area (Å²) < 4.78 is 33.8. The highest BCUT2D eigenvalue weighted by molar-refractivity contribution is 7.20. The number of aliphatic hydroxyl groups is 1. The van der Waals surface area contributed by atoms with Crippen molar-refractivity contribution in [3.8, 4) is 28.7 Å². The Hall–Kier alpha value is -3.69. The fraction of sp³-hybridized carbons (Fsp3) is 0.296. The Balaban J connectivity index is 1.73. The highest BCUT2D eigenvalue weighted by Crippen LogP contribution is 2.46. The summed E-state index contributed by atoms with van der Waals surface area (Å²) in [5, 5.41) is 11.4. The summed E-state index contributed by atoms with van der Waals surface area (Å²) in [7, 11) is 6.10. The molecule has 0 spiro atoms. The molecule has 2 heterocycles. The third-order valence-electron chi connectivity index (χ3n) is 6.31. The Kier molecular flexibility index (Phi) is 6.51. The van der Waals surface area contributed by atoms with Crippen molar-refractivity contribution in [3.05, 3.63) is 58.2 Å². The number of carbonyl (C=O) groups excluding carboxylic acids is 1. The van der Waals surface area contributed by atoms with E-state index in [9.17, 15) is 9.90 Å². The van der Waals surface area contributed by atoms with E-state index in [1.165, 1.54) is 32.7 Å². The van der Waals surface area contributed by atoms with Crippen molar-refractivity contribution in [3.63, 3.8) is 0 Å². The molecule has 0 radical (unpaired) electrons. The summed E-state index contributed by atoms with van der Waals surface area (Å²) in [5.41, 5.74) is 1.63. The number of hydrogen-bond donors (Lipinski definition) is 1. The molecule has 1 aromatic heterocycles. The molecule has 9 heteroatoms. The number of rotatable bonds is 7. The van der Waals surface area contributed by atoms with Crippen LogP contribution in [0, 0.1) is 0 Å². The third kappa shape index (κ3) is 4.04. The minimum Gasteiger partial charge on any atom is -0.510 e. The first kappa shape index (κ1) is 24.0. The Labute approximate surface area is 212 Å². The molecule has 0 saturated carbocycles. The van der Waals surface area contributed by atoms with Crippen molar-refractivity contribution < 1.29 is 38.3 Å². The lowest BCUT2D eigenvalue weighted by Crippen LogP contribution is -2.12. The number of aliphatic hydroxyl groups excluding tert-OH is 1. The van der Waals surface area contributed by atoms with Crippen LogP contribution in [0.4, 0.5) is 0 Å². The molecule has 0 amide bonds. The molecule has 0 saturated heterocycles. The summed E-state index contributed by atoms with van der Waals surface area (Å²) >= 11 is 1.46. The first-order valence-electron chi connectivity index (χ1n) is 11.3. The van der Waals surface area contributed by atoms with Crippen LogP contribution in [-0.4, -0.2) is 52.2 Å². The van der Waals surface area contributed by atoms with Crippen LogP contribution in [0.1, 0.15) is 33.6 Å². The van der Waals surface area contributed by atoms with Crippen LogP contribution in [0.3, 0.4) is 0 Å². The smallest absolute Gasteiger partial charge is 0.231 e. The number of hydrogen-bond acceptors (Lipinski definition) is 9. The van der Waals surface area contributed by atoms with Gasteiger partial charge in [-0.3, -0.25) is 4.79 Å². The molecule has 1 N–H and O–H groups in total. The van der Waals surface area contributed by atoms with Crippen LogP contribution in [0.25, 0.3) is 15.7 Å². The summed E-state index contributed by atoms with van der Waals surface area (Å²) in [6.45, 7) is 0.135. The SMILES string of the molecule is COc1cc(C(=O)c2c(C3=CCCC(OC)C(O)=C3)sc3cc4c(cc23)OCO4)cc(OC)c1OC. The van der Waals surface area contributed by atoms with Gasteiger partial charge in [-0.25, -0.2) is 0 Å². The summed E-state index contributed by atoms with van der Waals surface area (Å²) in [6, 6.07) is 7.00. The van der Waals surface area contributed by atoms with Gasteiger partial charge in [0.1, 0.15) is 11.9 Å². The molecule has 1 atom stereocenters. The van der Waals surface area contributed by atoms with Gasteiger partial charge in [0.05, 0.1) is 21.3 Å². The highest BCUT2D eigenvalue weighted by Gasteiger charge is 2.28. The van der Waals surface area contributed by atoms with Crippen molar-refractivity contribution in [2.24, 2.45) is 0 Å². The number of ketones is 1. The quantitative estimate of drug-likeness (QED) is 0.416. The number of allylic oxidation sites excluding steroid dienone is 3. The predicted molar refractivity (Wildman–Crippen MR) is 136 cm³/mol. The van der Waals surface area contributed by atoms with Gasteiger partial charge in [-0.15, -0.1) is 11.3 Å². The van der Waals surface area contributed by atoms with Crippen LogP contribution in [-0.2, 0) is 4.74 Å². The molecular formula is C27H26O8S. The van der Waals surface area contributed by atoms with Crippen LogP contribution in [0.2, 0.25) is 0 Å². The van der Waals surface area contributed by atoms with E-state index >= 15 is 0 Å². The maximum absolute atomic E-state index is 14.2. The predicted octanol–water partition coefficient (Wildman–Crippen LogP) is 5.52. The molecule has 1 aliphatic heterocycles. The summed E-state index contributed by atoms with van der Waals surface area (Å²) in [5.74, 6) is 2.28. The maximum Gasteiger partial charge on any atom is 0.231 e. The average Bonchev–Trinajstić information content (AvgIpc) is 3.45. The van der Waals surface area contributed by atoms with Gasteiger partial charge in [-0.2, -0.15) is 0 Å². The van der Waals surface area contributed by atoms with Gasteiger partial charge >= 0.3 is 0 Å². The molecule has 1 aliphatic carbocycles. The van der Waals surface area contributed by atoms with Crippen molar-refractivity contribution in [2.45, 2.75) is 18.9 Å². The van der Waals surface area contributed by atoms with Crippen molar-refractivity contribution in [2.75, 3.05) is 35.2 Å². The van der Waals surface area contributed by atoms with E-state index in [-0.39, 0.29) is 18.3 Å². The second kappa shape index (κ2) is 9.75. The maximum atomic E-state index is 14.2. The minimum atomic E-state index is -0.395. The lowest BCUT2D eigenvalue weighted by atomic mass is 9.96. The van der Waals surface area contributed by atoms with E-state index in [1.54, 1.807) is 25.3 Å². The molecule has 2 aliphatic rings. The minimum absolute atomic E-state index is 0.124. The number of thiophene rings is 1. The van der Waals surface area contributed by atoms with Gasteiger partial charge in [0.25, 0.3) is 0 Å². The van der Waals surface area contributed by atoms with E-state index in [2.05, 4.69) is 0 Å². The van der Waals surface area contributed by atoms with E-state index in [0.29, 0.717) is 52.7 Å². The van der Waals surface area contributed by atoms with E-state index in [1.807, 2.05) is 18.2 Å². The zero-order chi connectivity index (χ0) is 25.4. The Morgan fingerprint density at radius 2 is 1.69 bits per heavy atom. The Morgan fingerprint density at radius 1 is 1.00 bits per heavy atom. The van der Waals surface area contributed by atoms with Gasteiger partial charge < -0.3 is 33.5 Å². The third-order valence-corrected chi connectivity index (χ3v) is 7.51. The first-order chi connectivity index (χ1) is 17.5. The van der Waals surface area contributed by atoms with Gasteiger partial charge in [-0.1, -0.05) is 6.08 Å². The summed E-state index contributed by atoms with van der Waals surface area (Å²) in [4.78, 5) is 14.9. The zero-order valence-electron chi connectivity index (χ0n) is 20.4. The van der Waals surface area contributed by atoms with Gasteiger partial charge in [0, 0.05) is 39.3 Å². The van der Waals surface area contributed by atoms with Crippen LogP contribution >= 0.6 is 11.3 Å². The fourth-order valence-electron chi connectivity index (χ4n) is 4.52. The molecule has 5 rings (SSSR count). The normalized spacial score (nSPS) is 16.8. The largest absolute Gasteiger partial charge is 0.510 e. The Bertz CT molecular complexity index is 1380. The second-order valence-corrected chi connectivity index (χ2v) is 9.33. The standard InChI is InChI=1S/C27H26O8S/c1-30-18-7-5-6-14(8-17(18)28)27-24(16-11-19-20(35-13-34-19)12-23(16)36-27)25(29)15-9-21(31-2)26(33-4)22(10-15)32-3/h6,8-12,18,28H,5,7,13H2,1-4H3. The molecule has 0 fully saturated rings. The van der Waals surface area contributed by atoms with E-state index < -0.39 is 6.10 Å². The highest BCUT2D eigenvalue weighted by atomic mass is 32.1. The van der Waals surface area contributed by atoms with Gasteiger partial charge in [0.2, 0.25) is 12.5 Å². The zero-order valence-corrected chi connectivity index (χ0v) is 21.2. The molecule has 3 aromatic rings. The molecular weight excluding hydrogens is 484 g/mol. The van der Waals surface area contributed by atoms with Crippen molar-refractivity contribution >= 4 is 32.8 Å².